The highest BCUT2D eigenvalue weighted by Crippen LogP contribution is 2.14. The minimum absolute atomic E-state index is 0.302. The van der Waals surface area contributed by atoms with Gasteiger partial charge in [-0.1, -0.05) is 29.8 Å². The van der Waals surface area contributed by atoms with E-state index in [9.17, 15) is 14.4 Å². The van der Waals surface area contributed by atoms with Crippen molar-refractivity contribution in [2.24, 2.45) is 0 Å². The zero-order valence-electron chi connectivity index (χ0n) is 12.9. The van der Waals surface area contributed by atoms with E-state index in [4.69, 9.17) is 11.6 Å². The lowest BCUT2D eigenvalue weighted by Crippen LogP contribution is -2.38. The molecule has 2 N–H and O–H groups in total. The molecule has 2 aromatic carbocycles. The maximum absolute atomic E-state index is 12.4. The largest absolute Gasteiger partial charge is 0.325 e. The van der Waals surface area contributed by atoms with Crippen LogP contribution in [0.5, 0.6) is 0 Å². The molecule has 0 fully saturated rings. The van der Waals surface area contributed by atoms with Crippen molar-refractivity contribution < 1.29 is 9.59 Å². The summed E-state index contributed by atoms with van der Waals surface area (Å²) in [5, 5.41) is 5.38. The fourth-order valence-corrected chi connectivity index (χ4v) is 2.42. The van der Waals surface area contributed by atoms with E-state index in [1.807, 2.05) is 0 Å². The van der Waals surface area contributed by atoms with E-state index in [1.54, 1.807) is 42.5 Å². The molecule has 126 valence electrons. The van der Waals surface area contributed by atoms with Crippen LogP contribution in [-0.4, -0.2) is 21.5 Å². The second kappa shape index (κ2) is 7.14. The lowest BCUT2D eigenvalue weighted by Gasteiger charge is -2.08. The van der Waals surface area contributed by atoms with Crippen LogP contribution in [0.25, 0.3) is 10.9 Å². The minimum Gasteiger partial charge on any atom is -0.308 e. The number of benzene rings is 2. The topological polar surface area (TPSA) is 93.1 Å². The molecule has 25 heavy (non-hydrogen) atoms. The molecule has 8 heteroatoms. The zero-order chi connectivity index (χ0) is 17.8. The zero-order valence-corrected chi connectivity index (χ0v) is 13.7. The second-order valence-electron chi connectivity index (χ2n) is 5.21. The third-order valence-corrected chi connectivity index (χ3v) is 3.62. The predicted molar refractivity (Wildman–Crippen MR) is 94.6 cm³/mol. The van der Waals surface area contributed by atoms with Gasteiger partial charge < -0.3 is 5.32 Å². The summed E-state index contributed by atoms with van der Waals surface area (Å²) in [5.41, 5.74) is 0.617. The Morgan fingerprint density at radius 2 is 1.88 bits per heavy atom. The molecule has 0 aliphatic carbocycles. The van der Waals surface area contributed by atoms with Gasteiger partial charge in [0.05, 0.1) is 17.2 Å². The van der Waals surface area contributed by atoms with Gasteiger partial charge in [0.25, 0.3) is 5.56 Å². The molecule has 0 aliphatic rings. The number of anilines is 1. The Labute approximate surface area is 147 Å². The first-order valence-electron chi connectivity index (χ1n) is 7.33. The van der Waals surface area contributed by atoms with E-state index in [0.29, 0.717) is 21.6 Å². The smallest absolute Gasteiger partial charge is 0.308 e. The van der Waals surface area contributed by atoms with Crippen LogP contribution in [0.2, 0.25) is 5.02 Å². The van der Waals surface area contributed by atoms with Gasteiger partial charge in [-0.3, -0.25) is 19.5 Å². The standard InChI is InChI=1S/C17H13ClN4O3/c18-11-6-7-14-13(8-11)16(24)22(10-19-14)9-15(23)21-17(25)20-12-4-2-1-3-5-12/h1-8,10H,9H2,(H2,20,21,23,25). The van der Waals surface area contributed by atoms with Gasteiger partial charge in [0, 0.05) is 10.7 Å². The van der Waals surface area contributed by atoms with Crippen molar-refractivity contribution in [2.75, 3.05) is 5.32 Å². The van der Waals surface area contributed by atoms with Gasteiger partial charge in [0.2, 0.25) is 5.91 Å². The minimum atomic E-state index is -0.680. The molecule has 0 saturated heterocycles. The van der Waals surface area contributed by atoms with E-state index in [2.05, 4.69) is 15.6 Å². The number of halogens is 1. The summed E-state index contributed by atoms with van der Waals surface area (Å²) in [6, 6.07) is 12.7. The number of nitrogens with zero attached hydrogens (tertiary/aromatic N) is 2. The quantitative estimate of drug-likeness (QED) is 0.753. The molecule has 3 rings (SSSR count). The summed E-state index contributed by atoms with van der Waals surface area (Å²) in [4.78, 5) is 40.3. The van der Waals surface area contributed by atoms with Gasteiger partial charge in [0.15, 0.2) is 0 Å². The average Bonchev–Trinajstić information content (AvgIpc) is 2.58. The van der Waals surface area contributed by atoms with Gasteiger partial charge >= 0.3 is 6.03 Å². The van der Waals surface area contributed by atoms with Crippen LogP contribution in [0, 0.1) is 0 Å². The van der Waals surface area contributed by atoms with Gasteiger partial charge in [-0.15, -0.1) is 0 Å². The third kappa shape index (κ3) is 4.02. The SMILES string of the molecule is O=C(Cn1cnc2ccc(Cl)cc2c1=O)NC(=O)Nc1ccccc1. The number of carbonyl (C=O) groups is 2. The van der Waals surface area contributed by atoms with Gasteiger partial charge in [-0.05, 0) is 30.3 Å². The Balaban J connectivity index is 1.70. The molecule has 0 saturated carbocycles. The summed E-state index contributed by atoms with van der Waals surface area (Å²) in [6.07, 6.45) is 1.26. The average molecular weight is 357 g/mol. The van der Waals surface area contributed by atoms with Gasteiger partial charge in [0.1, 0.15) is 6.54 Å². The number of nitrogens with one attached hydrogen (secondary N) is 2. The van der Waals surface area contributed by atoms with Crippen LogP contribution >= 0.6 is 11.6 Å². The molecule has 1 aromatic heterocycles. The number of hydrogen-bond acceptors (Lipinski definition) is 4. The molecular formula is C17H13ClN4O3. The summed E-state index contributed by atoms with van der Waals surface area (Å²) in [7, 11) is 0. The van der Waals surface area contributed by atoms with Crippen molar-refractivity contribution in [1.29, 1.82) is 0 Å². The van der Waals surface area contributed by atoms with Crippen molar-refractivity contribution >= 4 is 40.1 Å². The Bertz CT molecular complexity index is 1000. The molecular weight excluding hydrogens is 344 g/mol. The number of para-hydroxylation sites is 1. The number of rotatable bonds is 3. The number of aromatic nitrogens is 2. The molecule has 7 nitrogen and oxygen atoms in total. The van der Waals surface area contributed by atoms with Gasteiger partial charge in [-0.2, -0.15) is 0 Å². The molecule has 3 aromatic rings. The van der Waals surface area contributed by atoms with Crippen molar-refractivity contribution in [3.05, 3.63) is 70.2 Å². The van der Waals surface area contributed by atoms with Crippen molar-refractivity contribution in [3.8, 4) is 0 Å². The molecule has 3 amide bonds. The highest BCUT2D eigenvalue weighted by Gasteiger charge is 2.11. The number of urea groups is 1. The maximum Gasteiger partial charge on any atom is 0.325 e. The number of carbonyl (C=O) groups excluding carboxylic acids is 2. The van der Waals surface area contributed by atoms with E-state index < -0.39 is 17.5 Å². The van der Waals surface area contributed by atoms with E-state index in [1.165, 1.54) is 12.4 Å². The molecule has 0 aliphatic heterocycles. The second-order valence-corrected chi connectivity index (χ2v) is 5.64. The van der Waals surface area contributed by atoms with Crippen LogP contribution in [0.4, 0.5) is 10.5 Å². The fourth-order valence-electron chi connectivity index (χ4n) is 2.25. The van der Waals surface area contributed by atoms with Crippen LogP contribution < -0.4 is 16.2 Å². The van der Waals surface area contributed by atoms with Gasteiger partial charge in [-0.25, -0.2) is 9.78 Å². The molecule has 0 unspecified atom stereocenters. The first-order chi connectivity index (χ1) is 12.0. The number of fused-ring (bicyclic) bond motifs is 1. The van der Waals surface area contributed by atoms with Crippen molar-refractivity contribution in [1.82, 2.24) is 14.9 Å². The summed E-state index contributed by atoms with van der Waals surface area (Å²) in [6.45, 7) is -0.337. The summed E-state index contributed by atoms with van der Waals surface area (Å²) >= 11 is 5.89. The van der Waals surface area contributed by atoms with Crippen LogP contribution in [0.3, 0.4) is 0 Å². The molecule has 0 radical (unpaired) electrons. The molecule has 1 heterocycles. The lowest BCUT2D eigenvalue weighted by atomic mass is 10.2. The van der Waals surface area contributed by atoms with E-state index in [0.717, 1.165) is 4.57 Å². The number of amides is 3. The Morgan fingerprint density at radius 1 is 1.12 bits per heavy atom. The first-order valence-corrected chi connectivity index (χ1v) is 7.71. The normalized spacial score (nSPS) is 10.4. The Hall–Kier alpha value is -3.19. The van der Waals surface area contributed by atoms with Crippen LogP contribution in [0.1, 0.15) is 0 Å². The Morgan fingerprint density at radius 3 is 2.64 bits per heavy atom. The van der Waals surface area contributed by atoms with Crippen LogP contribution in [-0.2, 0) is 11.3 Å². The number of hydrogen-bond donors (Lipinski definition) is 2. The molecule has 0 bridgehead atoms. The molecule has 0 spiro atoms. The third-order valence-electron chi connectivity index (χ3n) is 3.38. The Kier molecular flexibility index (Phi) is 4.76. The lowest BCUT2D eigenvalue weighted by molar-refractivity contribution is -0.120. The first kappa shape index (κ1) is 16.7. The highest BCUT2D eigenvalue weighted by atomic mass is 35.5. The summed E-state index contributed by atoms with van der Waals surface area (Å²) in [5.74, 6) is -0.640. The number of imide groups is 1. The van der Waals surface area contributed by atoms with Crippen LogP contribution in [0.15, 0.2) is 59.7 Å². The highest BCUT2D eigenvalue weighted by molar-refractivity contribution is 6.31. The monoisotopic (exact) mass is 356 g/mol. The maximum atomic E-state index is 12.4. The van der Waals surface area contributed by atoms with E-state index in [-0.39, 0.29) is 6.54 Å². The fraction of sp³-hybridized carbons (Fsp3) is 0.0588. The van der Waals surface area contributed by atoms with Crippen molar-refractivity contribution in [3.63, 3.8) is 0 Å². The van der Waals surface area contributed by atoms with E-state index >= 15 is 0 Å². The van der Waals surface area contributed by atoms with Crippen molar-refractivity contribution in [2.45, 2.75) is 6.54 Å². The molecule has 0 atom stereocenters. The predicted octanol–water partition coefficient (Wildman–Crippen LogP) is 2.40. The summed E-state index contributed by atoms with van der Waals surface area (Å²) < 4.78 is 1.11.